The Labute approximate surface area is 143 Å². The molecule has 0 aliphatic carbocycles. The minimum atomic E-state index is -0.403. The standard InChI is InChI=1S/C18H16N2O3S/c21-16(12-4-2-1-3-5-12)19-14-8-6-13(7-9-14)17(22)20-15-10-11-24-18(15)23/h1-9,15H,10-11H2,(H,19,21)(H,20,22). The molecule has 0 spiro atoms. The molecule has 1 aliphatic heterocycles. The predicted octanol–water partition coefficient (Wildman–Crippen LogP) is 2.70. The Morgan fingerprint density at radius 3 is 2.21 bits per heavy atom. The van der Waals surface area contributed by atoms with Gasteiger partial charge < -0.3 is 10.6 Å². The van der Waals surface area contributed by atoms with Crippen LogP contribution in [0.3, 0.4) is 0 Å². The average molecular weight is 340 g/mol. The van der Waals surface area contributed by atoms with Crippen LogP contribution in [-0.2, 0) is 4.79 Å². The maximum Gasteiger partial charge on any atom is 0.255 e. The molecule has 5 nitrogen and oxygen atoms in total. The summed E-state index contributed by atoms with van der Waals surface area (Å²) in [6.07, 6.45) is 0.667. The first-order valence-electron chi connectivity index (χ1n) is 7.57. The van der Waals surface area contributed by atoms with Crippen molar-refractivity contribution in [2.75, 3.05) is 11.1 Å². The summed E-state index contributed by atoms with van der Waals surface area (Å²) < 4.78 is 0. The highest BCUT2D eigenvalue weighted by Crippen LogP contribution is 2.20. The molecule has 2 aromatic carbocycles. The van der Waals surface area contributed by atoms with Gasteiger partial charge in [0.25, 0.3) is 11.8 Å². The van der Waals surface area contributed by atoms with Gasteiger partial charge in [-0.1, -0.05) is 30.0 Å². The summed E-state index contributed by atoms with van der Waals surface area (Å²) in [5.41, 5.74) is 1.63. The molecule has 0 aromatic heterocycles. The molecule has 3 rings (SSSR count). The molecule has 0 radical (unpaired) electrons. The number of carbonyl (C=O) groups is 3. The van der Waals surface area contributed by atoms with Gasteiger partial charge in [-0.3, -0.25) is 14.4 Å². The highest BCUT2D eigenvalue weighted by atomic mass is 32.2. The maximum atomic E-state index is 12.1. The van der Waals surface area contributed by atoms with Crippen LogP contribution in [0.15, 0.2) is 54.6 Å². The second-order valence-corrected chi connectivity index (χ2v) is 6.48. The molecule has 1 unspecified atom stereocenters. The van der Waals surface area contributed by atoms with Crippen LogP contribution in [-0.4, -0.2) is 28.7 Å². The summed E-state index contributed by atoms with van der Waals surface area (Å²) in [6, 6.07) is 15.1. The molecular weight excluding hydrogens is 324 g/mol. The highest BCUT2D eigenvalue weighted by Gasteiger charge is 2.26. The zero-order chi connectivity index (χ0) is 16.9. The van der Waals surface area contributed by atoms with Crippen LogP contribution in [0.2, 0.25) is 0 Å². The normalized spacial score (nSPS) is 16.7. The topological polar surface area (TPSA) is 75.3 Å². The number of nitrogens with one attached hydrogen (secondary N) is 2. The van der Waals surface area contributed by atoms with Gasteiger partial charge in [0.05, 0.1) is 6.04 Å². The molecular formula is C18H16N2O3S. The van der Waals surface area contributed by atoms with Gasteiger partial charge in [-0.25, -0.2) is 0 Å². The summed E-state index contributed by atoms with van der Waals surface area (Å²) in [5.74, 6) is 0.256. The zero-order valence-electron chi connectivity index (χ0n) is 12.8. The number of thioether (sulfide) groups is 1. The van der Waals surface area contributed by atoms with Gasteiger partial charge >= 0.3 is 0 Å². The Bertz CT molecular complexity index is 760. The van der Waals surface area contributed by atoms with Gasteiger partial charge in [-0.05, 0) is 42.8 Å². The smallest absolute Gasteiger partial charge is 0.255 e. The fourth-order valence-electron chi connectivity index (χ4n) is 2.37. The minimum Gasteiger partial charge on any atom is -0.341 e. The minimum absolute atomic E-state index is 0.00935. The van der Waals surface area contributed by atoms with E-state index >= 15 is 0 Å². The molecule has 1 atom stereocenters. The third kappa shape index (κ3) is 3.83. The van der Waals surface area contributed by atoms with Gasteiger partial charge in [0.1, 0.15) is 0 Å². The molecule has 122 valence electrons. The van der Waals surface area contributed by atoms with Crippen molar-refractivity contribution in [2.45, 2.75) is 12.5 Å². The fourth-order valence-corrected chi connectivity index (χ4v) is 3.30. The van der Waals surface area contributed by atoms with E-state index in [1.165, 1.54) is 11.8 Å². The lowest BCUT2D eigenvalue weighted by atomic mass is 10.1. The number of hydrogen-bond acceptors (Lipinski definition) is 4. The van der Waals surface area contributed by atoms with E-state index in [2.05, 4.69) is 10.6 Å². The molecule has 2 aromatic rings. The largest absolute Gasteiger partial charge is 0.341 e. The van der Waals surface area contributed by atoms with Crippen molar-refractivity contribution in [1.29, 1.82) is 0 Å². The lowest BCUT2D eigenvalue weighted by Crippen LogP contribution is -2.37. The fraction of sp³-hybridized carbons (Fsp3) is 0.167. The van der Waals surface area contributed by atoms with Gasteiger partial charge in [-0.15, -0.1) is 0 Å². The van der Waals surface area contributed by atoms with Crippen molar-refractivity contribution < 1.29 is 14.4 Å². The quantitative estimate of drug-likeness (QED) is 0.897. The third-order valence-corrected chi connectivity index (χ3v) is 4.69. The van der Waals surface area contributed by atoms with Gasteiger partial charge in [0.2, 0.25) is 5.12 Å². The van der Waals surface area contributed by atoms with E-state index in [9.17, 15) is 14.4 Å². The number of benzene rings is 2. The Balaban J connectivity index is 1.61. The zero-order valence-corrected chi connectivity index (χ0v) is 13.6. The van der Waals surface area contributed by atoms with E-state index in [0.717, 1.165) is 5.75 Å². The lowest BCUT2D eigenvalue weighted by molar-refractivity contribution is -0.112. The van der Waals surface area contributed by atoms with Crippen molar-refractivity contribution in [3.05, 3.63) is 65.7 Å². The second-order valence-electron chi connectivity index (χ2n) is 5.38. The van der Waals surface area contributed by atoms with E-state index in [1.807, 2.05) is 6.07 Å². The molecule has 1 aliphatic rings. The van der Waals surface area contributed by atoms with Crippen LogP contribution >= 0.6 is 11.8 Å². The molecule has 1 saturated heterocycles. The molecule has 2 N–H and O–H groups in total. The van der Waals surface area contributed by atoms with E-state index in [4.69, 9.17) is 0 Å². The summed E-state index contributed by atoms with van der Waals surface area (Å²) in [7, 11) is 0. The summed E-state index contributed by atoms with van der Waals surface area (Å²) in [6.45, 7) is 0. The van der Waals surface area contributed by atoms with E-state index in [1.54, 1.807) is 48.5 Å². The van der Waals surface area contributed by atoms with Gasteiger partial charge in [0.15, 0.2) is 0 Å². The monoisotopic (exact) mass is 340 g/mol. The van der Waals surface area contributed by atoms with Crippen LogP contribution in [0.1, 0.15) is 27.1 Å². The first kappa shape index (κ1) is 16.3. The van der Waals surface area contributed by atoms with Crippen LogP contribution in [0.4, 0.5) is 5.69 Å². The molecule has 0 bridgehead atoms. The average Bonchev–Trinajstić information content (AvgIpc) is 3.01. The summed E-state index contributed by atoms with van der Waals surface area (Å²) in [4.78, 5) is 35.8. The Morgan fingerprint density at radius 2 is 1.58 bits per heavy atom. The van der Waals surface area contributed by atoms with Crippen molar-refractivity contribution in [3.63, 3.8) is 0 Å². The Hall–Kier alpha value is -2.60. The number of amides is 2. The number of anilines is 1. The Morgan fingerprint density at radius 1 is 0.917 bits per heavy atom. The van der Waals surface area contributed by atoms with Crippen LogP contribution in [0.25, 0.3) is 0 Å². The van der Waals surface area contributed by atoms with Crippen molar-refractivity contribution in [1.82, 2.24) is 5.32 Å². The number of rotatable bonds is 4. The maximum absolute atomic E-state index is 12.1. The van der Waals surface area contributed by atoms with E-state index < -0.39 is 6.04 Å². The van der Waals surface area contributed by atoms with E-state index in [0.29, 0.717) is 23.2 Å². The molecule has 2 amide bonds. The SMILES string of the molecule is O=C(Nc1ccc(C(=O)NC2CCSC2=O)cc1)c1ccccc1. The number of hydrogen-bond donors (Lipinski definition) is 2. The molecule has 0 saturated carbocycles. The van der Waals surface area contributed by atoms with Crippen molar-refractivity contribution >= 4 is 34.4 Å². The van der Waals surface area contributed by atoms with Gasteiger partial charge in [-0.2, -0.15) is 0 Å². The van der Waals surface area contributed by atoms with Crippen molar-refractivity contribution in [2.24, 2.45) is 0 Å². The molecule has 1 heterocycles. The summed E-state index contributed by atoms with van der Waals surface area (Å²) >= 11 is 1.25. The van der Waals surface area contributed by atoms with Crippen LogP contribution in [0, 0.1) is 0 Å². The van der Waals surface area contributed by atoms with Gasteiger partial charge in [0, 0.05) is 22.6 Å². The molecule has 24 heavy (non-hydrogen) atoms. The van der Waals surface area contributed by atoms with E-state index in [-0.39, 0.29) is 16.9 Å². The van der Waals surface area contributed by atoms with Crippen LogP contribution in [0.5, 0.6) is 0 Å². The third-order valence-electron chi connectivity index (χ3n) is 3.68. The first-order valence-corrected chi connectivity index (χ1v) is 8.56. The van der Waals surface area contributed by atoms with Crippen LogP contribution < -0.4 is 10.6 Å². The first-order chi connectivity index (χ1) is 11.6. The van der Waals surface area contributed by atoms with Crippen molar-refractivity contribution in [3.8, 4) is 0 Å². The number of carbonyl (C=O) groups excluding carboxylic acids is 3. The second kappa shape index (κ2) is 7.31. The lowest BCUT2D eigenvalue weighted by Gasteiger charge is -2.11. The Kier molecular flexibility index (Phi) is 4.96. The predicted molar refractivity (Wildman–Crippen MR) is 94.2 cm³/mol. The molecule has 1 fully saturated rings. The molecule has 6 heteroatoms. The summed E-state index contributed by atoms with van der Waals surface area (Å²) in [5, 5.41) is 5.52. The highest BCUT2D eigenvalue weighted by molar-refractivity contribution is 8.14.